The summed E-state index contributed by atoms with van der Waals surface area (Å²) >= 11 is 0. The molecule has 0 unspecified atom stereocenters. The number of anilines is 1. The Hall–Kier alpha value is -2.97. The first-order chi connectivity index (χ1) is 11.3. The molecule has 1 aromatic carbocycles. The predicted molar refractivity (Wildman–Crippen MR) is 79.9 cm³/mol. The molecule has 0 aliphatic heterocycles. The second kappa shape index (κ2) is 7.53. The van der Waals surface area contributed by atoms with Crippen molar-refractivity contribution < 1.29 is 27.6 Å². The van der Waals surface area contributed by atoms with Crippen LogP contribution in [0.15, 0.2) is 34.9 Å². The fraction of sp³-hybridized carbons (Fsp3) is 0.267. The number of hydrogen-bond acceptors (Lipinski definition) is 5. The number of rotatable bonds is 6. The number of nitrogens with one attached hydrogen (secondary N) is 1. The molecule has 0 atom stereocenters. The number of carbonyl (C=O) groups excluding carboxylic acids is 2. The van der Waals surface area contributed by atoms with Crippen LogP contribution in [0, 0.1) is 6.92 Å². The first kappa shape index (κ1) is 17.4. The summed E-state index contributed by atoms with van der Waals surface area (Å²) < 4.78 is 33.2. The molecule has 128 valence electrons. The Labute approximate surface area is 136 Å². The minimum atomic E-state index is -2.93. The summed E-state index contributed by atoms with van der Waals surface area (Å²) in [5, 5.41) is 6.10. The summed E-state index contributed by atoms with van der Waals surface area (Å²) in [7, 11) is 1.44. The first-order valence-corrected chi connectivity index (χ1v) is 6.88. The van der Waals surface area contributed by atoms with Gasteiger partial charge in [0.05, 0.1) is 6.54 Å². The lowest BCUT2D eigenvalue weighted by Crippen LogP contribution is -2.34. The van der Waals surface area contributed by atoms with Crippen molar-refractivity contribution in [3.05, 3.63) is 41.7 Å². The number of aromatic nitrogens is 1. The number of alkyl halides is 2. The molecule has 2 amide bonds. The van der Waals surface area contributed by atoms with Gasteiger partial charge in [-0.1, -0.05) is 5.16 Å². The number of halogens is 2. The number of likely N-dealkylation sites (N-methyl/N-ethyl adjacent to an activating group) is 1. The molecular weight excluding hydrogens is 324 g/mol. The summed E-state index contributed by atoms with van der Waals surface area (Å²) in [5.41, 5.74) is 0.240. The first-order valence-electron chi connectivity index (χ1n) is 6.88. The van der Waals surface area contributed by atoms with Crippen LogP contribution >= 0.6 is 0 Å². The van der Waals surface area contributed by atoms with Gasteiger partial charge in [-0.2, -0.15) is 8.78 Å². The minimum absolute atomic E-state index is 0.0525. The molecule has 2 rings (SSSR count). The lowest BCUT2D eigenvalue weighted by Gasteiger charge is -2.16. The van der Waals surface area contributed by atoms with Gasteiger partial charge in [-0.15, -0.1) is 0 Å². The number of aryl methyl sites for hydroxylation is 1. The van der Waals surface area contributed by atoms with E-state index >= 15 is 0 Å². The standard InChI is InChI=1S/C15H15F2N3O4/c1-9-7-12(19-24-9)18-13(21)8-20(2)14(22)10-3-5-11(6-4-10)23-15(16)17/h3-7,15H,8H2,1-2H3,(H,18,19,21). The van der Waals surface area contributed by atoms with Gasteiger partial charge in [-0.05, 0) is 31.2 Å². The normalized spacial score (nSPS) is 10.5. The number of nitrogens with zero attached hydrogens (tertiary/aromatic N) is 2. The van der Waals surface area contributed by atoms with Crippen molar-refractivity contribution in [1.82, 2.24) is 10.1 Å². The SMILES string of the molecule is Cc1cc(NC(=O)CN(C)C(=O)c2ccc(OC(F)F)cc2)no1. The van der Waals surface area contributed by atoms with Gasteiger partial charge >= 0.3 is 6.61 Å². The molecule has 0 bridgehead atoms. The van der Waals surface area contributed by atoms with Crippen LogP contribution in [0.4, 0.5) is 14.6 Å². The quantitative estimate of drug-likeness (QED) is 0.873. The number of carbonyl (C=O) groups is 2. The summed E-state index contributed by atoms with van der Waals surface area (Å²) in [4.78, 5) is 25.2. The Morgan fingerprint density at radius 3 is 2.54 bits per heavy atom. The van der Waals surface area contributed by atoms with Crippen LogP contribution in [-0.4, -0.2) is 42.1 Å². The van der Waals surface area contributed by atoms with Gasteiger partial charge in [0.15, 0.2) is 5.82 Å². The van der Waals surface area contributed by atoms with E-state index in [1.54, 1.807) is 13.0 Å². The van der Waals surface area contributed by atoms with E-state index in [1.165, 1.54) is 36.2 Å². The van der Waals surface area contributed by atoms with Gasteiger partial charge in [0.1, 0.15) is 11.5 Å². The highest BCUT2D eigenvalue weighted by molar-refractivity contribution is 5.98. The van der Waals surface area contributed by atoms with Gasteiger partial charge in [0, 0.05) is 18.7 Å². The highest BCUT2D eigenvalue weighted by atomic mass is 19.3. The summed E-state index contributed by atoms with van der Waals surface area (Å²) in [5.74, 6) is -0.141. The lowest BCUT2D eigenvalue weighted by molar-refractivity contribution is -0.116. The molecule has 1 aromatic heterocycles. The molecule has 7 nitrogen and oxygen atoms in total. The van der Waals surface area contributed by atoms with E-state index in [1.807, 2.05) is 0 Å². The van der Waals surface area contributed by atoms with E-state index in [0.29, 0.717) is 5.76 Å². The second-order valence-electron chi connectivity index (χ2n) is 4.94. The Balaban J connectivity index is 1.92. The fourth-order valence-corrected chi connectivity index (χ4v) is 1.89. The smallest absolute Gasteiger partial charge is 0.387 e. The molecule has 0 radical (unpaired) electrons. The van der Waals surface area contributed by atoms with Crippen LogP contribution < -0.4 is 10.1 Å². The largest absolute Gasteiger partial charge is 0.435 e. The van der Waals surface area contributed by atoms with Gasteiger partial charge in [-0.3, -0.25) is 9.59 Å². The average Bonchev–Trinajstić information content (AvgIpc) is 2.91. The third-order valence-corrected chi connectivity index (χ3v) is 2.95. The molecule has 1 N–H and O–H groups in total. The summed E-state index contributed by atoms with van der Waals surface area (Å²) in [6, 6.07) is 6.74. The zero-order chi connectivity index (χ0) is 17.7. The van der Waals surface area contributed by atoms with E-state index in [-0.39, 0.29) is 23.7 Å². The van der Waals surface area contributed by atoms with E-state index in [2.05, 4.69) is 15.2 Å². The Morgan fingerprint density at radius 1 is 1.33 bits per heavy atom. The van der Waals surface area contributed by atoms with E-state index in [0.717, 1.165) is 0 Å². The van der Waals surface area contributed by atoms with Crippen molar-refractivity contribution in [2.24, 2.45) is 0 Å². The van der Waals surface area contributed by atoms with Gasteiger partial charge < -0.3 is 19.5 Å². The van der Waals surface area contributed by atoms with Gasteiger partial charge in [0.2, 0.25) is 5.91 Å². The molecule has 9 heteroatoms. The third kappa shape index (κ3) is 4.77. The number of benzene rings is 1. The highest BCUT2D eigenvalue weighted by Gasteiger charge is 2.16. The van der Waals surface area contributed by atoms with Crippen molar-refractivity contribution in [2.45, 2.75) is 13.5 Å². The van der Waals surface area contributed by atoms with E-state index in [4.69, 9.17) is 4.52 Å². The predicted octanol–water partition coefficient (Wildman–Crippen LogP) is 2.30. The molecule has 0 fully saturated rings. The molecule has 0 aliphatic rings. The average molecular weight is 339 g/mol. The number of ether oxygens (including phenoxy) is 1. The van der Waals surface area contributed by atoms with Crippen molar-refractivity contribution in [3.63, 3.8) is 0 Å². The second-order valence-corrected chi connectivity index (χ2v) is 4.94. The highest BCUT2D eigenvalue weighted by Crippen LogP contribution is 2.16. The fourth-order valence-electron chi connectivity index (χ4n) is 1.89. The molecule has 0 spiro atoms. The van der Waals surface area contributed by atoms with Crippen LogP contribution in [-0.2, 0) is 4.79 Å². The topological polar surface area (TPSA) is 84.7 Å². The molecule has 0 aliphatic carbocycles. The molecule has 24 heavy (non-hydrogen) atoms. The Bertz CT molecular complexity index is 716. The van der Waals surface area contributed by atoms with Crippen LogP contribution in [0.5, 0.6) is 5.75 Å². The van der Waals surface area contributed by atoms with Crippen molar-refractivity contribution in [3.8, 4) is 5.75 Å². The van der Waals surface area contributed by atoms with Crippen LogP contribution in [0.3, 0.4) is 0 Å². The van der Waals surface area contributed by atoms with E-state index < -0.39 is 18.4 Å². The van der Waals surface area contributed by atoms with Crippen LogP contribution in [0.2, 0.25) is 0 Å². The minimum Gasteiger partial charge on any atom is -0.435 e. The molecule has 0 saturated heterocycles. The summed E-state index contributed by atoms with van der Waals surface area (Å²) in [6.07, 6.45) is 0. The van der Waals surface area contributed by atoms with Gasteiger partial charge in [-0.25, -0.2) is 0 Å². The zero-order valence-electron chi connectivity index (χ0n) is 13.0. The Morgan fingerprint density at radius 2 is 2.00 bits per heavy atom. The summed E-state index contributed by atoms with van der Waals surface area (Å²) in [6.45, 7) is -1.46. The van der Waals surface area contributed by atoms with Crippen molar-refractivity contribution in [1.29, 1.82) is 0 Å². The van der Waals surface area contributed by atoms with E-state index in [9.17, 15) is 18.4 Å². The lowest BCUT2D eigenvalue weighted by atomic mass is 10.2. The Kier molecular flexibility index (Phi) is 5.46. The van der Waals surface area contributed by atoms with Crippen LogP contribution in [0.25, 0.3) is 0 Å². The number of hydrogen-bond donors (Lipinski definition) is 1. The molecule has 0 saturated carbocycles. The monoisotopic (exact) mass is 339 g/mol. The third-order valence-electron chi connectivity index (χ3n) is 2.95. The maximum absolute atomic E-state index is 12.2. The maximum Gasteiger partial charge on any atom is 0.387 e. The van der Waals surface area contributed by atoms with Gasteiger partial charge in [0.25, 0.3) is 5.91 Å². The van der Waals surface area contributed by atoms with Crippen LogP contribution in [0.1, 0.15) is 16.1 Å². The molecule has 2 aromatic rings. The maximum atomic E-state index is 12.2. The molecular formula is C15H15F2N3O4. The number of amides is 2. The van der Waals surface area contributed by atoms with Crippen molar-refractivity contribution >= 4 is 17.6 Å². The molecule has 1 heterocycles. The zero-order valence-corrected chi connectivity index (χ0v) is 13.0. The van der Waals surface area contributed by atoms with Crippen molar-refractivity contribution in [2.75, 3.05) is 18.9 Å².